The monoisotopic (exact) mass is 518 g/mol. The van der Waals surface area contributed by atoms with Gasteiger partial charge in [0, 0.05) is 17.3 Å². The summed E-state index contributed by atoms with van der Waals surface area (Å²) in [6.45, 7) is 0.0970. The number of halogens is 1. The topological polar surface area (TPSA) is 75.7 Å². The van der Waals surface area contributed by atoms with Gasteiger partial charge in [0.15, 0.2) is 0 Å². The maximum atomic E-state index is 13.4. The van der Waals surface area contributed by atoms with E-state index in [1.165, 1.54) is 19.2 Å². The number of amides is 1. The van der Waals surface area contributed by atoms with Crippen LogP contribution in [0.5, 0.6) is 5.75 Å². The minimum atomic E-state index is -3.98. The number of thioether (sulfide) groups is 1. The van der Waals surface area contributed by atoms with Gasteiger partial charge in [0.05, 0.1) is 17.7 Å². The Morgan fingerprint density at radius 1 is 1.03 bits per heavy atom. The number of sulfonamides is 1. The van der Waals surface area contributed by atoms with Crippen LogP contribution in [0.3, 0.4) is 0 Å². The first-order valence-corrected chi connectivity index (χ1v) is 13.7. The van der Waals surface area contributed by atoms with Crippen LogP contribution in [0, 0.1) is 0 Å². The Balaban J connectivity index is 1.60. The average molecular weight is 519 g/mol. The Kier molecular flexibility index (Phi) is 9.68. The highest BCUT2D eigenvalue weighted by Crippen LogP contribution is 2.32. The van der Waals surface area contributed by atoms with Gasteiger partial charge in [-0.25, -0.2) is 8.42 Å². The molecular formula is C25H27ClN2O4S2. The minimum absolute atomic E-state index is 0.103. The number of carbonyl (C=O) groups is 1. The molecule has 3 rings (SSSR count). The smallest absolute Gasteiger partial charge is 0.264 e. The molecule has 0 saturated carbocycles. The van der Waals surface area contributed by atoms with Crippen molar-refractivity contribution in [2.75, 3.05) is 30.3 Å². The molecule has 0 aromatic heterocycles. The molecule has 180 valence electrons. The van der Waals surface area contributed by atoms with E-state index in [1.807, 2.05) is 24.3 Å². The van der Waals surface area contributed by atoms with Crippen LogP contribution in [0.1, 0.15) is 12.0 Å². The number of ether oxygens (including phenoxy) is 1. The van der Waals surface area contributed by atoms with Crippen LogP contribution >= 0.6 is 23.4 Å². The van der Waals surface area contributed by atoms with Gasteiger partial charge in [-0.05, 0) is 54.1 Å². The molecule has 6 nitrogen and oxygen atoms in total. The molecule has 0 heterocycles. The first-order chi connectivity index (χ1) is 16.4. The van der Waals surface area contributed by atoms with Crippen LogP contribution in [0.2, 0.25) is 5.02 Å². The van der Waals surface area contributed by atoms with Crippen LogP contribution < -0.4 is 14.4 Å². The molecule has 9 heteroatoms. The number of hydrogen-bond donors (Lipinski definition) is 1. The molecule has 0 bridgehead atoms. The molecule has 1 N–H and O–H groups in total. The van der Waals surface area contributed by atoms with Gasteiger partial charge in [-0.1, -0.05) is 54.1 Å². The van der Waals surface area contributed by atoms with Crippen molar-refractivity contribution >= 4 is 45.0 Å². The third-order valence-electron chi connectivity index (χ3n) is 4.92. The SMILES string of the molecule is COc1ccccc1N(CC(=O)NCCCSCc1cccc(Cl)c1)S(=O)(=O)c1ccccc1. The van der Waals surface area contributed by atoms with Crippen molar-refractivity contribution in [1.29, 1.82) is 0 Å². The van der Waals surface area contributed by atoms with Gasteiger partial charge in [0.1, 0.15) is 12.3 Å². The fourth-order valence-corrected chi connectivity index (χ4v) is 5.83. The number of nitrogens with one attached hydrogen (secondary N) is 1. The molecule has 34 heavy (non-hydrogen) atoms. The van der Waals surface area contributed by atoms with Crippen molar-refractivity contribution < 1.29 is 17.9 Å². The summed E-state index contributed by atoms with van der Waals surface area (Å²) >= 11 is 7.76. The quantitative estimate of drug-likeness (QED) is 0.342. The van der Waals surface area contributed by atoms with Crippen molar-refractivity contribution in [2.45, 2.75) is 17.1 Å². The summed E-state index contributed by atoms with van der Waals surface area (Å²) in [6, 6.07) is 22.5. The molecule has 0 radical (unpaired) electrons. The molecule has 3 aromatic rings. The van der Waals surface area contributed by atoms with Crippen LogP contribution in [0.4, 0.5) is 5.69 Å². The molecule has 3 aromatic carbocycles. The van der Waals surface area contributed by atoms with Gasteiger partial charge in [-0.3, -0.25) is 9.10 Å². The lowest BCUT2D eigenvalue weighted by Crippen LogP contribution is -2.41. The lowest BCUT2D eigenvalue weighted by atomic mass is 10.2. The zero-order valence-corrected chi connectivity index (χ0v) is 21.2. The number of para-hydroxylation sites is 2. The zero-order valence-electron chi connectivity index (χ0n) is 18.8. The minimum Gasteiger partial charge on any atom is -0.495 e. The molecule has 0 aliphatic carbocycles. The number of anilines is 1. The first kappa shape index (κ1) is 25.9. The second kappa shape index (κ2) is 12.7. The van der Waals surface area contributed by atoms with Crippen molar-refractivity contribution in [3.05, 3.63) is 89.4 Å². The fraction of sp³-hybridized carbons (Fsp3) is 0.240. The summed E-state index contributed by atoms with van der Waals surface area (Å²) < 4.78 is 33.2. The average Bonchev–Trinajstić information content (AvgIpc) is 2.85. The van der Waals surface area contributed by atoms with Gasteiger partial charge in [0.2, 0.25) is 5.91 Å². The molecule has 1 amide bonds. The summed E-state index contributed by atoms with van der Waals surface area (Å²) in [4.78, 5) is 12.8. The van der Waals surface area contributed by atoms with Crippen molar-refractivity contribution in [2.24, 2.45) is 0 Å². The summed E-state index contributed by atoms with van der Waals surface area (Å²) in [5, 5.41) is 3.55. The highest BCUT2D eigenvalue weighted by molar-refractivity contribution is 7.98. The number of rotatable bonds is 12. The number of methoxy groups -OCH3 is 1. The maximum absolute atomic E-state index is 13.4. The number of hydrogen-bond acceptors (Lipinski definition) is 5. The van der Waals surface area contributed by atoms with Crippen LogP contribution in [0.15, 0.2) is 83.8 Å². The van der Waals surface area contributed by atoms with E-state index in [-0.39, 0.29) is 17.3 Å². The fourth-order valence-electron chi connectivity index (χ4n) is 3.26. The van der Waals surface area contributed by atoms with E-state index in [0.717, 1.165) is 32.8 Å². The zero-order chi connectivity index (χ0) is 24.4. The summed E-state index contributed by atoms with van der Waals surface area (Å²) in [6.07, 6.45) is 0.761. The second-order valence-electron chi connectivity index (χ2n) is 7.38. The van der Waals surface area contributed by atoms with E-state index in [1.54, 1.807) is 54.2 Å². The molecule has 0 aliphatic rings. The Morgan fingerprint density at radius 2 is 1.76 bits per heavy atom. The Bertz CT molecular complexity index is 1190. The third kappa shape index (κ3) is 7.16. The number of carbonyl (C=O) groups excluding carboxylic acids is 1. The summed E-state index contributed by atoms with van der Waals surface area (Å²) in [5.41, 5.74) is 1.46. The van der Waals surface area contributed by atoms with E-state index in [9.17, 15) is 13.2 Å². The van der Waals surface area contributed by atoms with Crippen molar-refractivity contribution in [3.63, 3.8) is 0 Å². The first-order valence-electron chi connectivity index (χ1n) is 10.7. The highest BCUT2D eigenvalue weighted by Gasteiger charge is 2.29. The Hall–Kier alpha value is -2.68. The van der Waals surface area contributed by atoms with E-state index in [4.69, 9.17) is 16.3 Å². The molecule has 0 atom stereocenters. The predicted octanol–water partition coefficient (Wildman–Crippen LogP) is 4.98. The lowest BCUT2D eigenvalue weighted by Gasteiger charge is -2.25. The van der Waals surface area contributed by atoms with Gasteiger partial charge >= 0.3 is 0 Å². The highest BCUT2D eigenvalue weighted by atomic mass is 35.5. The van der Waals surface area contributed by atoms with Gasteiger partial charge in [0.25, 0.3) is 10.0 Å². The van der Waals surface area contributed by atoms with E-state index in [0.29, 0.717) is 18.0 Å². The third-order valence-corrected chi connectivity index (χ3v) is 8.04. The molecule has 0 unspecified atom stereocenters. The maximum Gasteiger partial charge on any atom is 0.264 e. The predicted molar refractivity (Wildman–Crippen MR) is 139 cm³/mol. The Morgan fingerprint density at radius 3 is 2.50 bits per heavy atom. The van der Waals surface area contributed by atoms with Crippen molar-refractivity contribution in [1.82, 2.24) is 5.32 Å². The normalized spacial score (nSPS) is 11.1. The number of nitrogens with zero attached hydrogens (tertiary/aromatic N) is 1. The standard InChI is InChI=1S/C25H27ClN2O4S2/c1-32-24-14-6-5-13-23(24)28(34(30,31)22-11-3-2-4-12-22)18-25(29)27-15-8-16-33-19-20-9-7-10-21(26)17-20/h2-7,9-14,17H,8,15-16,18-19H2,1H3,(H,27,29). The van der Waals surface area contributed by atoms with Gasteiger partial charge in [-0.15, -0.1) is 0 Å². The molecule has 0 spiro atoms. The molecular weight excluding hydrogens is 492 g/mol. The van der Waals surface area contributed by atoms with E-state index in [2.05, 4.69) is 5.32 Å². The van der Waals surface area contributed by atoms with Crippen molar-refractivity contribution in [3.8, 4) is 5.75 Å². The van der Waals surface area contributed by atoms with Gasteiger partial charge < -0.3 is 10.1 Å². The Labute approximate surface area is 210 Å². The second-order valence-corrected chi connectivity index (χ2v) is 10.8. The van der Waals surface area contributed by atoms with Crippen LogP contribution in [-0.4, -0.2) is 40.3 Å². The van der Waals surface area contributed by atoms with Crippen LogP contribution in [0.25, 0.3) is 0 Å². The molecule has 0 saturated heterocycles. The van der Waals surface area contributed by atoms with Crippen LogP contribution in [-0.2, 0) is 20.6 Å². The van der Waals surface area contributed by atoms with E-state index >= 15 is 0 Å². The largest absolute Gasteiger partial charge is 0.495 e. The summed E-state index contributed by atoms with van der Waals surface area (Å²) in [7, 11) is -2.51. The molecule has 0 fully saturated rings. The number of benzene rings is 3. The molecule has 0 aliphatic heterocycles. The van der Waals surface area contributed by atoms with Gasteiger partial charge in [-0.2, -0.15) is 11.8 Å². The lowest BCUT2D eigenvalue weighted by molar-refractivity contribution is -0.119. The van der Waals surface area contributed by atoms with E-state index < -0.39 is 10.0 Å². The summed E-state index contributed by atoms with van der Waals surface area (Å²) in [5.74, 6) is 1.67.